The lowest BCUT2D eigenvalue weighted by Crippen LogP contribution is -2.47. The Morgan fingerprint density at radius 3 is 2.50 bits per heavy atom. The van der Waals surface area contributed by atoms with Gasteiger partial charge in [0, 0.05) is 31.2 Å². The largest absolute Gasteiger partial charge is 0.353 e. The summed E-state index contributed by atoms with van der Waals surface area (Å²) in [6.45, 7) is 3.25. The first-order valence-electron chi connectivity index (χ1n) is 7.69. The first-order valence-corrected chi connectivity index (χ1v) is 8.44. The number of rotatable bonds is 3. The predicted molar refractivity (Wildman–Crippen MR) is 97.4 cm³/mol. The van der Waals surface area contributed by atoms with E-state index in [1.165, 1.54) is 0 Å². The summed E-state index contributed by atoms with van der Waals surface area (Å²) in [4.78, 5) is 20.8. The Hall–Kier alpha value is -1.82. The van der Waals surface area contributed by atoms with Crippen molar-refractivity contribution in [3.05, 3.63) is 52.3 Å². The molecule has 0 aliphatic carbocycles. The van der Waals surface area contributed by atoms with Gasteiger partial charge in [-0.15, -0.1) is 0 Å². The zero-order valence-electron chi connectivity index (χ0n) is 13.3. The van der Waals surface area contributed by atoms with Crippen molar-refractivity contribution in [2.24, 2.45) is 0 Å². The fraction of sp³-hybridized carbons (Fsp3) is 0.294. The van der Waals surface area contributed by atoms with Crippen molar-refractivity contribution < 1.29 is 4.79 Å². The second kappa shape index (κ2) is 7.38. The number of hydrogen-bond donors (Lipinski definition) is 1. The summed E-state index contributed by atoms with van der Waals surface area (Å²) in [6.07, 6.45) is 1.63. The Bertz CT molecular complexity index is 728. The van der Waals surface area contributed by atoms with E-state index in [0.717, 1.165) is 37.6 Å². The summed E-state index contributed by atoms with van der Waals surface area (Å²) in [5, 5.41) is 4.27. The molecule has 1 aliphatic heterocycles. The molecule has 0 bridgehead atoms. The molecule has 3 rings (SSSR count). The van der Waals surface area contributed by atoms with Gasteiger partial charge in [-0.2, -0.15) is 0 Å². The van der Waals surface area contributed by atoms with Crippen LogP contribution in [-0.4, -0.2) is 53.9 Å². The number of anilines is 2. The smallest absolute Gasteiger partial charge is 0.272 e. The SMILES string of the molecule is CN1CCN(C(=O)c2ccc(Nc3ccc(Cl)cc3Cl)cn2)CC1. The molecule has 0 unspecified atom stereocenters. The molecule has 2 heterocycles. The average Bonchev–Trinajstić information content (AvgIpc) is 2.58. The Morgan fingerprint density at radius 1 is 1.12 bits per heavy atom. The van der Waals surface area contributed by atoms with Crippen molar-refractivity contribution in [1.29, 1.82) is 0 Å². The van der Waals surface area contributed by atoms with Crippen LogP contribution in [0.2, 0.25) is 10.0 Å². The summed E-state index contributed by atoms with van der Waals surface area (Å²) in [7, 11) is 2.06. The van der Waals surface area contributed by atoms with Crippen LogP contribution in [0, 0.1) is 0 Å². The molecule has 7 heteroatoms. The van der Waals surface area contributed by atoms with E-state index in [2.05, 4.69) is 22.2 Å². The maximum absolute atomic E-state index is 12.5. The Kier molecular flexibility index (Phi) is 5.23. The second-order valence-corrected chi connectivity index (χ2v) is 6.62. The molecular weight excluding hydrogens is 347 g/mol. The van der Waals surface area contributed by atoms with Crippen LogP contribution in [0.25, 0.3) is 0 Å². The third-order valence-electron chi connectivity index (χ3n) is 3.98. The van der Waals surface area contributed by atoms with Gasteiger partial charge >= 0.3 is 0 Å². The van der Waals surface area contributed by atoms with Crippen LogP contribution in [0.3, 0.4) is 0 Å². The summed E-state index contributed by atoms with van der Waals surface area (Å²) in [5.41, 5.74) is 1.95. The van der Waals surface area contributed by atoms with E-state index in [-0.39, 0.29) is 5.91 Å². The first kappa shape index (κ1) is 17.0. The number of nitrogens with one attached hydrogen (secondary N) is 1. The van der Waals surface area contributed by atoms with Gasteiger partial charge in [0.1, 0.15) is 5.69 Å². The highest BCUT2D eigenvalue weighted by molar-refractivity contribution is 6.36. The number of pyridine rings is 1. The number of benzene rings is 1. The number of amides is 1. The lowest BCUT2D eigenvalue weighted by atomic mass is 10.2. The Balaban J connectivity index is 1.68. The molecule has 0 spiro atoms. The maximum atomic E-state index is 12.5. The predicted octanol–water partition coefficient (Wildman–Crippen LogP) is 3.52. The van der Waals surface area contributed by atoms with E-state index in [9.17, 15) is 4.79 Å². The highest BCUT2D eigenvalue weighted by atomic mass is 35.5. The molecule has 0 saturated carbocycles. The molecule has 1 aliphatic rings. The van der Waals surface area contributed by atoms with Crippen molar-refractivity contribution in [3.63, 3.8) is 0 Å². The third-order valence-corrected chi connectivity index (χ3v) is 4.53. The molecule has 2 aromatic rings. The molecule has 1 fully saturated rings. The van der Waals surface area contributed by atoms with Crippen molar-refractivity contribution in [2.45, 2.75) is 0 Å². The van der Waals surface area contributed by atoms with Gasteiger partial charge < -0.3 is 15.1 Å². The van der Waals surface area contributed by atoms with E-state index in [1.54, 1.807) is 30.5 Å². The summed E-state index contributed by atoms with van der Waals surface area (Å²) >= 11 is 12.0. The van der Waals surface area contributed by atoms with Crippen molar-refractivity contribution >= 4 is 40.5 Å². The van der Waals surface area contributed by atoms with Crippen LogP contribution in [0.1, 0.15) is 10.5 Å². The summed E-state index contributed by atoms with van der Waals surface area (Å²) < 4.78 is 0. The highest BCUT2D eigenvalue weighted by Gasteiger charge is 2.21. The number of carbonyl (C=O) groups excluding carboxylic acids is 1. The zero-order chi connectivity index (χ0) is 17.1. The molecule has 1 amide bonds. The van der Waals surface area contributed by atoms with E-state index < -0.39 is 0 Å². The van der Waals surface area contributed by atoms with Crippen molar-refractivity contribution in [1.82, 2.24) is 14.8 Å². The van der Waals surface area contributed by atoms with E-state index in [0.29, 0.717) is 15.7 Å². The maximum Gasteiger partial charge on any atom is 0.272 e. The topological polar surface area (TPSA) is 48.5 Å². The standard InChI is InChI=1S/C17H18Cl2N4O/c1-22-6-8-23(9-7-22)17(24)16-5-3-13(11-20-16)21-15-4-2-12(18)10-14(15)19/h2-5,10-11,21H,6-9H2,1H3. The molecule has 126 valence electrons. The first-order chi connectivity index (χ1) is 11.5. The lowest BCUT2D eigenvalue weighted by molar-refractivity contribution is 0.0658. The highest BCUT2D eigenvalue weighted by Crippen LogP contribution is 2.28. The molecule has 0 radical (unpaired) electrons. The van der Waals surface area contributed by atoms with Gasteiger partial charge in [0.05, 0.1) is 22.6 Å². The quantitative estimate of drug-likeness (QED) is 0.904. The van der Waals surface area contributed by atoms with E-state index >= 15 is 0 Å². The second-order valence-electron chi connectivity index (χ2n) is 5.78. The van der Waals surface area contributed by atoms with Crippen LogP contribution >= 0.6 is 23.2 Å². The lowest BCUT2D eigenvalue weighted by Gasteiger charge is -2.32. The molecule has 1 aromatic heterocycles. The summed E-state index contributed by atoms with van der Waals surface area (Å²) in [6, 6.07) is 8.78. The number of aromatic nitrogens is 1. The minimum absolute atomic E-state index is 0.0285. The monoisotopic (exact) mass is 364 g/mol. The summed E-state index contributed by atoms with van der Waals surface area (Å²) in [5.74, 6) is -0.0285. The third kappa shape index (κ3) is 3.98. The Labute approximate surface area is 151 Å². The molecule has 1 N–H and O–H groups in total. The van der Waals surface area contributed by atoms with Gasteiger partial charge in [-0.25, -0.2) is 4.98 Å². The minimum atomic E-state index is -0.0285. The van der Waals surface area contributed by atoms with Crippen LogP contribution in [0.15, 0.2) is 36.5 Å². The van der Waals surface area contributed by atoms with Crippen molar-refractivity contribution in [2.75, 3.05) is 38.5 Å². The normalized spacial score (nSPS) is 15.4. The molecule has 24 heavy (non-hydrogen) atoms. The fourth-order valence-electron chi connectivity index (χ4n) is 2.51. The van der Waals surface area contributed by atoms with Crippen LogP contribution in [0.4, 0.5) is 11.4 Å². The number of carbonyl (C=O) groups is 1. The minimum Gasteiger partial charge on any atom is -0.353 e. The average molecular weight is 365 g/mol. The fourth-order valence-corrected chi connectivity index (χ4v) is 2.97. The Morgan fingerprint density at radius 2 is 1.88 bits per heavy atom. The number of nitrogens with zero attached hydrogens (tertiary/aromatic N) is 3. The molecular formula is C17H18Cl2N4O. The number of likely N-dealkylation sites (N-methyl/N-ethyl adjacent to an activating group) is 1. The van der Waals surface area contributed by atoms with Gasteiger partial charge in [-0.05, 0) is 37.4 Å². The zero-order valence-corrected chi connectivity index (χ0v) is 14.8. The van der Waals surface area contributed by atoms with Crippen LogP contribution < -0.4 is 5.32 Å². The van der Waals surface area contributed by atoms with Gasteiger partial charge in [0.25, 0.3) is 5.91 Å². The van der Waals surface area contributed by atoms with Crippen LogP contribution in [0.5, 0.6) is 0 Å². The molecule has 1 aromatic carbocycles. The number of halogens is 2. The molecule has 0 atom stereocenters. The van der Waals surface area contributed by atoms with Crippen LogP contribution in [-0.2, 0) is 0 Å². The molecule has 5 nitrogen and oxygen atoms in total. The van der Waals surface area contributed by atoms with Gasteiger partial charge in [-0.3, -0.25) is 4.79 Å². The van der Waals surface area contributed by atoms with E-state index in [1.807, 2.05) is 11.0 Å². The number of piperazine rings is 1. The van der Waals surface area contributed by atoms with E-state index in [4.69, 9.17) is 23.2 Å². The van der Waals surface area contributed by atoms with Gasteiger partial charge in [0.2, 0.25) is 0 Å². The molecule has 1 saturated heterocycles. The van der Waals surface area contributed by atoms with Gasteiger partial charge in [0.15, 0.2) is 0 Å². The number of hydrogen-bond acceptors (Lipinski definition) is 4. The van der Waals surface area contributed by atoms with Gasteiger partial charge in [-0.1, -0.05) is 23.2 Å². The van der Waals surface area contributed by atoms with Crippen molar-refractivity contribution in [3.8, 4) is 0 Å².